The smallest absolute Gasteiger partial charge is 0.192 e. The minimum Gasteiger partial charge on any atom is -0.506 e. The lowest BCUT2D eigenvalue weighted by atomic mass is 9.91. The van der Waals surface area contributed by atoms with Gasteiger partial charge in [0.2, 0.25) is 0 Å². The summed E-state index contributed by atoms with van der Waals surface area (Å²) in [5, 5.41) is 51.1. The molecule has 0 aromatic heterocycles. The van der Waals surface area contributed by atoms with E-state index in [4.69, 9.17) is 13.9 Å². The molecule has 5 N–H and O–H groups in total. The summed E-state index contributed by atoms with van der Waals surface area (Å²) in [6.45, 7) is 10.1. The summed E-state index contributed by atoms with van der Waals surface area (Å²) in [4.78, 5) is 0. The number of phenolic OH excluding ortho intramolecular Hbond substituents is 4. The Morgan fingerprint density at radius 3 is 2.14 bits per heavy atom. The Balaban J connectivity index is 2.32. The van der Waals surface area contributed by atoms with Crippen molar-refractivity contribution < 1.29 is 39.4 Å². The molecule has 0 amide bonds. The molecule has 0 bridgehead atoms. The second-order valence-corrected chi connectivity index (χ2v) is 17.0. The number of halogens is 3. The van der Waals surface area contributed by atoms with Crippen LogP contribution in [0.5, 0.6) is 28.7 Å². The zero-order chi connectivity index (χ0) is 26.5. The van der Waals surface area contributed by atoms with Gasteiger partial charge in [-0.2, -0.15) is 0 Å². The molecule has 0 spiro atoms. The van der Waals surface area contributed by atoms with E-state index in [1.807, 2.05) is 0 Å². The number of aliphatic hydroxyl groups excluding tert-OH is 1. The second kappa shape index (κ2) is 10.4. The molecule has 1 unspecified atom stereocenters. The van der Waals surface area contributed by atoms with Crippen molar-refractivity contribution >= 4 is 56.1 Å². The van der Waals surface area contributed by atoms with Gasteiger partial charge >= 0.3 is 0 Å². The zero-order valence-corrected chi connectivity index (χ0v) is 25.7. The van der Waals surface area contributed by atoms with Crippen LogP contribution in [0.3, 0.4) is 0 Å². The topological polar surface area (TPSA) is 129 Å². The first kappa shape index (κ1) is 28.5. The van der Waals surface area contributed by atoms with Gasteiger partial charge < -0.3 is 39.4 Å². The highest BCUT2D eigenvalue weighted by molar-refractivity contribution is 9.11. The Morgan fingerprint density at radius 1 is 0.971 bits per heavy atom. The Bertz CT molecular complexity index is 1120. The monoisotopic (exact) mass is 698 g/mol. The third-order valence-electron chi connectivity index (χ3n) is 6.47. The van der Waals surface area contributed by atoms with Gasteiger partial charge in [0.05, 0.1) is 18.8 Å². The van der Waals surface area contributed by atoms with Gasteiger partial charge in [-0.15, -0.1) is 0 Å². The number of hydrogen-bond donors (Lipinski definition) is 5. The van der Waals surface area contributed by atoms with Gasteiger partial charge in [-0.3, -0.25) is 0 Å². The highest BCUT2D eigenvalue weighted by Gasteiger charge is 2.50. The maximum atomic E-state index is 11.0. The van der Waals surface area contributed by atoms with Crippen molar-refractivity contribution in [2.75, 3.05) is 13.2 Å². The highest BCUT2D eigenvalue weighted by atomic mass is 79.9. The van der Waals surface area contributed by atoms with Crippen molar-refractivity contribution in [2.45, 2.75) is 57.2 Å². The fourth-order valence-corrected chi connectivity index (χ4v) is 6.60. The van der Waals surface area contributed by atoms with Crippen LogP contribution in [0.1, 0.15) is 44.1 Å². The lowest BCUT2D eigenvalue weighted by Gasteiger charge is -2.46. The number of benzene rings is 2. The van der Waals surface area contributed by atoms with E-state index in [9.17, 15) is 25.5 Å². The molecule has 1 aliphatic rings. The maximum Gasteiger partial charge on any atom is 0.192 e. The summed E-state index contributed by atoms with van der Waals surface area (Å²) >= 11 is 10.0. The van der Waals surface area contributed by atoms with Gasteiger partial charge in [-0.25, -0.2) is 0 Å². The van der Waals surface area contributed by atoms with Crippen LogP contribution in [0.4, 0.5) is 0 Å². The normalized spacial score (nSPS) is 20.4. The first-order chi connectivity index (χ1) is 16.1. The minimum absolute atomic E-state index is 0.0499. The molecule has 0 aliphatic carbocycles. The quantitative estimate of drug-likeness (QED) is 0.174. The number of aromatic hydroxyl groups is 4. The van der Waals surface area contributed by atoms with Crippen molar-refractivity contribution in [1.29, 1.82) is 0 Å². The van der Waals surface area contributed by atoms with E-state index < -0.39 is 26.6 Å². The fourth-order valence-electron chi connectivity index (χ4n) is 3.58. The van der Waals surface area contributed by atoms with Crippen LogP contribution in [0.15, 0.2) is 25.6 Å². The molecule has 3 rings (SSSR count). The van der Waals surface area contributed by atoms with Crippen LogP contribution in [-0.2, 0) is 9.16 Å². The van der Waals surface area contributed by atoms with E-state index in [-0.39, 0.29) is 61.5 Å². The van der Waals surface area contributed by atoms with Crippen molar-refractivity contribution in [3.05, 3.63) is 36.7 Å². The third kappa shape index (κ3) is 5.34. The lowest BCUT2D eigenvalue weighted by Crippen LogP contribution is -2.49. The second-order valence-electron chi connectivity index (χ2n) is 9.83. The first-order valence-electron chi connectivity index (χ1n) is 10.8. The van der Waals surface area contributed by atoms with Crippen LogP contribution in [-0.4, -0.2) is 53.2 Å². The summed E-state index contributed by atoms with van der Waals surface area (Å²) in [5.74, 6) is -1.08. The van der Waals surface area contributed by atoms with Crippen LogP contribution < -0.4 is 4.74 Å². The molecular weight excluding hydrogens is 672 g/mol. The summed E-state index contributed by atoms with van der Waals surface area (Å²) in [6, 6.07) is 2.72. The van der Waals surface area contributed by atoms with E-state index in [1.165, 1.54) is 12.1 Å². The molecule has 1 heterocycles. The number of fused-ring (bicyclic) bond motifs is 1. The van der Waals surface area contributed by atoms with Crippen LogP contribution in [0.2, 0.25) is 18.1 Å². The molecule has 194 valence electrons. The average Bonchev–Trinajstić information content (AvgIpc) is 2.76. The average molecular weight is 701 g/mol. The van der Waals surface area contributed by atoms with Gasteiger partial charge in [-0.05, 0) is 62.1 Å². The zero-order valence-electron chi connectivity index (χ0n) is 19.9. The molecule has 1 aliphatic heterocycles. The molecule has 0 radical (unpaired) electrons. The first-order valence-corrected chi connectivity index (χ1v) is 16.1. The summed E-state index contributed by atoms with van der Waals surface area (Å²) in [5.41, 5.74) is 0.704. The van der Waals surface area contributed by atoms with Crippen LogP contribution in [0, 0.1) is 0 Å². The standard InChI is InChI=1S/C23H29Br3O8Si/c1-23(2,3)35(4,5)34-22-19(10-8-12(28)13(29)9-11(10)24)33-20-14(21(22)32-7-6-27)17(30)15(25)18(31)16(20)26/h8-9,19,21-22,27-31H,6-7H2,1-5H3/t19-,21?,22+/m1/s1. The van der Waals surface area contributed by atoms with Gasteiger partial charge in [0.1, 0.15) is 32.7 Å². The van der Waals surface area contributed by atoms with Gasteiger partial charge in [0.15, 0.2) is 31.7 Å². The highest BCUT2D eigenvalue weighted by Crippen LogP contribution is 2.58. The van der Waals surface area contributed by atoms with E-state index in [2.05, 4.69) is 81.7 Å². The van der Waals surface area contributed by atoms with E-state index in [0.717, 1.165) is 0 Å². The van der Waals surface area contributed by atoms with Gasteiger partial charge in [0.25, 0.3) is 0 Å². The predicted octanol–water partition coefficient (Wildman–Crippen LogP) is 6.37. The van der Waals surface area contributed by atoms with Crippen molar-refractivity contribution in [3.8, 4) is 28.7 Å². The maximum absolute atomic E-state index is 11.0. The number of rotatable bonds is 6. The fraction of sp³-hybridized carbons (Fsp3) is 0.478. The van der Waals surface area contributed by atoms with E-state index in [1.54, 1.807) is 0 Å². The van der Waals surface area contributed by atoms with E-state index in [0.29, 0.717) is 10.0 Å². The molecule has 0 saturated heterocycles. The summed E-state index contributed by atoms with van der Waals surface area (Å²) in [7, 11) is -2.47. The third-order valence-corrected chi connectivity index (χ3v) is 13.1. The molecule has 0 fully saturated rings. The Labute approximate surface area is 230 Å². The number of phenols is 4. The molecule has 12 heteroatoms. The predicted molar refractivity (Wildman–Crippen MR) is 144 cm³/mol. The molecule has 35 heavy (non-hydrogen) atoms. The minimum atomic E-state index is -2.47. The van der Waals surface area contributed by atoms with Crippen LogP contribution >= 0.6 is 47.8 Å². The van der Waals surface area contributed by atoms with Gasteiger partial charge in [0, 0.05) is 10.0 Å². The molecule has 0 saturated carbocycles. The molecule has 2 aromatic rings. The van der Waals surface area contributed by atoms with Crippen molar-refractivity contribution in [1.82, 2.24) is 0 Å². The lowest BCUT2D eigenvalue weighted by molar-refractivity contribution is -0.102. The molecule has 2 aromatic carbocycles. The molecule has 8 nitrogen and oxygen atoms in total. The summed E-state index contributed by atoms with van der Waals surface area (Å²) in [6.07, 6.45) is -2.64. The summed E-state index contributed by atoms with van der Waals surface area (Å²) < 4.78 is 19.9. The van der Waals surface area contributed by atoms with Gasteiger partial charge in [-0.1, -0.05) is 36.7 Å². The van der Waals surface area contributed by atoms with Crippen molar-refractivity contribution in [3.63, 3.8) is 0 Å². The Kier molecular flexibility index (Phi) is 8.47. The molecular formula is C23H29Br3O8Si. The SMILES string of the molecule is CC(C)(C)[Si](C)(C)O[C@@H]1C(OCCO)c2c(O)c(Br)c(O)c(Br)c2O[C@@H]1c1cc(O)c(O)cc1Br. The van der Waals surface area contributed by atoms with Crippen LogP contribution in [0.25, 0.3) is 0 Å². The molecule has 3 atom stereocenters. The Hall–Kier alpha value is -1.02. The number of hydrogen-bond acceptors (Lipinski definition) is 8. The number of ether oxygens (including phenoxy) is 2. The largest absolute Gasteiger partial charge is 0.506 e. The Morgan fingerprint density at radius 2 is 1.57 bits per heavy atom. The number of aliphatic hydroxyl groups is 1. The van der Waals surface area contributed by atoms with E-state index >= 15 is 0 Å². The van der Waals surface area contributed by atoms with Crippen molar-refractivity contribution in [2.24, 2.45) is 0 Å².